The molecule has 1 saturated carbocycles. The number of Topliss-reactive ketones (excluding diaryl/α,β-unsaturated/α-hetero) is 1. The Morgan fingerprint density at radius 1 is 1.40 bits per heavy atom. The van der Waals surface area contributed by atoms with E-state index in [1.807, 2.05) is 0 Å². The molecule has 0 aromatic heterocycles. The molecule has 2 unspecified atom stereocenters. The fourth-order valence-corrected chi connectivity index (χ4v) is 5.42. The van der Waals surface area contributed by atoms with Crippen molar-refractivity contribution in [2.45, 2.75) is 43.7 Å². The molecule has 0 amide bonds. The number of carbonyl (C=O) groups is 1. The maximum atomic E-state index is 12.7. The maximum Gasteiger partial charge on any atom is 0.177 e. The summed E-state index contributed by atoms with van der Waals surface area (Å²) in [5.74, 6) is 2.01. The fraction of sp³-hybridized carbons (Fsp3) is 0.588. The van der Waals surface area contributed by atoms with Crippen LogP contribution in [0.15, 0.2) is 18.2 Å². The van der Waals surface area contributed by atoms with Crippen molar-refractivity contribution in [2.24, 2.45) is 11.8 Å². The standard InChI is InChI=1S/C17H19NO2/c1-9-7-11-12-8-10-3-2-4-13-14(10)17(11,5-6-18-12)16(20-13)15(9)19/h2-4,9,11-12,16,18H,5-8H2,1H3/t9?,11-,12+,16?,17-/m0/s1. The van der Waals surface area contributed by atoms with E-state index in [-0.39, 0.29) is 17.4 Å². The van der Waals surface area contributed by atoms with Gasteiger partial charge in [0.1, 0.15) is 5.75 Å². The first kappa shape index (κ1) is 11.3. The first-order valence-electron chi connectivity index (χ1n) is 7.78. The van der Waals surface area contributed by atoms with Crippen LogP contribution in [0, 0.1) is 11.8 Å². The zero-order chi connectivity index (χ0) is 13.5. The molecule has 3 nitrogen and oxygen atoms in total. The Hall–Kier alpha value is -1.35. The molecule has 5 rings (SSSR count). The van der Waals surface area contributed by atoms with Gasteiger partial charge in [0.25, 0.3) is 0 Å². The summed E-state index contributed by atoms with van der Waals surface area (Å²) in [7, 11) is 0. The summed E-state index contributed by atoms with van der Waals surface area (Å²) >= 11 is 0. The number of ether oxygens (including phenoxy) is 1. The van der Waals surface area contributed by atoms with Gasteiger partial charge in [-0.05, 0) is 43.4 Å². The van der Waals surface area contributed by atoms with E-state index in [4.69, 9.17) is 4.74 Å². The van der Waals surface area contributed by atoms with Gasteiger partial charge in [-0.1, -0.05) is 19.1 Å². The van der Waals surface area contributed by atoms with Crippen molar-refractivity contribution in [1.82, 2.24) is 5.32 Å². The number of carbonyl (C=O) groups excluding carboxylic acids is 1. The van der Waals surface area contributed by atoms with Gasteiger partial charge in [0, 0.05) is 22.9 Å². The van der Waals surface area contributed by atoms with E-state index in [1.54, 1.807) is 0 Å². The predicted molar refractivity (Wildman–Crippen MR) is 74.9 cm³/mol. The summed E-state index contributed by atoms with van der Waals surface area (Å²) in [6, 6.07) is 6.88. The maximum absolute atomic E-state index is 12.7. The molecule has 4 aliphatic rings. The van der Waals surface area contributed by atoms with Crippen LogP contribution in [0.4, 0.5) is 0 Å². The molecular weight excluding hydrogens is 250 g/mol. The number of hydrogen-bond donors (Lipinski definition) is 1. The van der Waals surface area contributed by atoms with Gasteiger partial charge in [0.05, 0.1) is 0 Å². The number of benzene rings is 1. The highest BCUT2D eigenvalue weighted by Crippen LogP contribution is 2.60. The number of nitrogens with one attached hydrogen (secondary N) is 1. The third-order valence-electron chi connectivity index (χ3n) is 6.17. The molecule has 1 aromatic rings. The average molecular weight is 269 g/mol. The quantitative estimate of drug-likeness (QED) is 0.781. The van der Waals surface area contributed by atoms with Crippen molar-refractivity contribution < 1.29 is 9.53 Å². The molecule has 5 atom stereocenters. The van der Waals surface area contributed by atoms with Gasteiger partial charge in [0.15, 0.2) is 11.9 Å². The normalized spacial score (nSPS) is 44.0. The van der Waals surface area contributed by atoms with Gasteiger partial charge >= 0.3 is 0 Å². The molecule has 2 fully saturated rings. The zero-order valence-electron chi connectivity index (χ0n) is 11.7. The number of hydrogen-bond acceptors (Lipinski definition) is 3. The van der Waals surface area contributed by atoms with Crippen LogP contribution in [0.3, 0.4) is 0 Å². The van der Waals surface area contributed by atoms with E-state index in [9.17, 15) is 4.79 Å². The Morgan fingerprint density at radius 2 is 2.30 bits per heavy atom. The van der Waals surface area contributed by atoms with Crippen molar-refractivity contribution >= 4 is 5.78 Å². The van der Waals surface area contributed by atoms with Crippen molar-refractivity contribution in [3.8, 4) is 5.75 Å². The van der Waals surface area contributed by atoms with Gasteiger partial charge in [-0.15, -0.1) is 0 Å². The highest BCUT2D eigenvalue weighted by atomic mass is 16.5. The Balaban J connectivity index is 1.82. The number of ketones is 1. The van der Waals surface area contributed by atoms with E-state index in [0.717, 1.165) is 31.6 Å². The van der Waals surface area contributed by atoms with Crippen LogP contribution in [-0.4, -0.2) is 24.5 Å². The molecule has 1 spiro atoms. The van der Waals surface area contributed by atoms with Crippen LogP contribution in [0.5, 0.6) is 5.75 Å². The molecule has 104 valence electrons. The van der Waals surface area contributed by atoms with Gasteiger partial charge in [-0.25, -0.2) is 0 Å². The first-order valence-corrected chi connectivity index (χ1v) is 7.78. The number of piperidine rings is 1. The van der Waals surface area contributed by atoms with Gasteiger partial charge in [0.2, 0.25) is 0 Å². The van der Waals surface area contributed by atoms with Gasteiger partial charge in [-0.3, -0.25) is 4.79 Å². The van der Waals surface area contributed by atoms with Crippen molar-refractivity contribution in [3.63, 3.8) is 0 Å². The van der Waals surface area contributed by atoms with E-state index in [0.29, 0.717) is 17.7 Å². The van der Waals surface area contributed by atoms with Crippen LogP contribution >= 0.6 is 0 Å². The molecular formula is C17H19NO2. The zero-order valence-corrected chi connectivity index (χ0v) is 11.7. The third kappa shape index (κ3) is 1.07. The largest absolute Gasteiger partial charge is 0.481 e. The lowest BCUT2D eigenvalue weighted by Gasteiger charge is -2.55. The average Bonchev–Trinajstić information content (AvgIpc) is 2.76. The van der Waals surface area contributed by atoms with Gasteiger partial charge < -0.3 is 10.1 Å². The molecule has 0 radical (unpaired) electrons. The Bertz CT molecular complexity index is 625. The molecule has 2 bridgehead atoms. The minimum absolute atomic E-state index is 0.0241. The highest BCUT2D eigenvalue weighted by molar-refractivity contribution is 5.90. The van der Waals surface area contributed by atoms with E-state index in [1.165, 1.54) is 11.1 Å². The second-order valence-electron chi connectivity index (χ2n) is 6.99. The minimum Gasteiger partial charge on any atom is -0.481 e. The second kappa shape index (κ2) is 3.45. The monoisotopic (exact) mass is 269 g/mol. The molecule has 3 heteroatoms. The topological polar surface area (TPSA) is 38.3 Å². The third-order valence-corrected chi connectivity index (χ3v) is 6.17. The van der Waals surface area contributed by atoms with E-state index >= 15 is 0 Å². The van der Waals surface area contributed by atoms with Crippen molar-refractivity contribution in [2.75, 3.05) is 6.54 Å². The van der Waals surface area contributed by atoms with E-state index in [2.05, 4.69) is 30.4 Å². The molecule has 20 heavy (non-hydrogen) atoms. The molecule has 2 heterocycles. The lowest BCUT2D eigenvalue weighted by Crippen LogP contribution is -2.66. The summed E-state index contributed by atoms with van der Waals surface area (Å²) in [6.45, 7) is 3.09. The smallest absolute Gasteiger partial charge is 0.177 e. The van der Waals surface area contributed by atoms with Crippen LogP contribution in [-0.2, 0) is 16.6 Å². The number of rotatable bonds is 0. The molecule has 1 saturated heterocycles. The van der Waals surface area contributed by atoms with Crippen LogP contribution < -0.4 is 10.1 Å². The second-order valence-corrected chi connectivity index (χ2v) is 6.99. The molecule has 2 aliphatic heterocycles. The highest BCUT2D eigenvalue weighted by Gasteiger charge is 2.65. The Labute approximate surface area is 118 Å². The summed E-state index contributed by atoms with van der Waals surface area (Å²) < 4.78 is 6.18. The van der Waals surface area contributed by atoms with E-state index < -0.39 is 0 Å². The summed E-state index contributed by atoms with van der Waals surface area (Å²) in [5, 5.41) is 3.70. The first-order chi connectivity index (χ1) is 9.72. The van der Waals surface area contributed by atoms with Crippen LogP contribution in [0.25, 0.3) is 0 Å². The Kier molecular flexibility index (Phi) is 1.95. The van der Waals surface area contributed by atoms with Crippen LogP contribution in [0.1, 0.15) is 30.9 Å². The summed E-state index contributed by atoms with van der Waals surface area (Å²) in [5.41, 5.74) is 2.76. The minimum atomic E-state index is -0.225. The summed E-state index contributed by atoms with van der Waals surface area (Å²) in [6.07, 6.45) is 2.93. The lowest BCUT2D eigenvalue weighted by molar-refractivity contribution is -0.140. The molecule has 1 aromatic carbocycles. The Morgan fingerprint density at radius 3 is 3.20 bits per heavy atom. The van der Waals surface area contributed by atoms with Crippen molar-refractivity contribution in [1.29, 1.82) is 0 Å². The van der Waals surface area contributed by atoms with Gasteiger partial charge in [-0.2, -0.15) is 0 Å². The molecule has 2 aliphatic carbocycles. The summed E-state index contributed by atoms with van der Waals surface area (Å²) in [4.78, 5) is 12.7. The predicted octanol–water partition coefficient (Wildman–Crippen LogP) is 1.83. The molecule has 1 N–H and O–H groups in total. The lowest BCUT2D eigenvalue weighted by atomic mass is 9.50. The van der Waals surface area contributed by atoms with Crippen molar-refractivity contribution in [3.05, 3.63) is 29.3 Å². The fourth-order valence-electron chi connectivity index (χ4n) is 5.42. The van der Waals surface area contributed by atoms with Crippen LogP contribution in [0.2, 0.25) is 0 Å². The SMILES string of the molecule is CC1C[C@H]2[C@H]3Cc4cccc5c4[C@@]2(CCN3)C(O5)C1=O.